The molecule has 2 saturated carbocycles. The molecule has 3 nitrogen and oxygen atoms in total. The number of hydrogen-bond acceptors (Lipinski definition) is 2. The van der Waals surface area contributed by atoms with Crippen molar-refractivity contribution in [1.82, 2.24) is 15.1 Å². The molecule has 3 rings (SSSR count). The Balaban J connectivity index is 1.63. The van der Waals surface area contributed by atoms with Gasteiger partial charge < -0.3 is 5.32 Å². The SMILES string of the molecule is CNCC1(CCc2ccnn2C)CC2CC2C1. The van der Waals surface area contributed by atoms with Gasteiger partial charge in [0.2, 0.25) is 0 Å². The van der Waals surface area contributed by atoms with Crippen molar-refractivity contribution in [3.05, 3.63) is 18.0 Å². The Kier molecular flexibility index (Phi) is 2.74. The van der Waals surface area contributed by atoms with Crippen molar-refractivity contribution in [3.8, 4) is 0 Å². The molecule has 1 aromatic rings. The quantitative estimate of drug-likeness (QED) is 0.843. The molecule has 0 bridgehead atoms. The Morgan fingerprint density at radius 2 is 2.24 bits per heavy atom. The van der Waals surface area contributed by atoms with Crippen LogP contribution in [0.3, 0.4) is 0 Å². The van der Waals surface area contributed by atoms with Crippen LogP contribution < -0.4 is 5.32 Å². The Morgan fingerprint density at radius 1 is 1.47 bits per heavy atom. The van der Waals surface area contributed by atoms with E-state index in [0.29, 0.717) is 5.41 Å². The summed E-state index contributed by atoms with van der Waals surface area (Å²) in [6.07, 6.45) is 8.83. The summed E-state index contributed by atoms with van der Waals surface area (Å²) in [6, 6.07) is 2.16. The van der Waals surface area contributed by atoms with Gasteiger partial charge in [0.15, 0.2) is 0 Å². The lowest BCUT2D eigenvalue weighted by Crippen LogP contribution is -2.32. The molecule has 0 radical (unpaired) electrons. The van der Waals surface area contributed by atoms with Crippen molar-refractivity contribution >= 4 is 0 Å². The van der Waals surface area contributed by atoms with Crippen LogP contribution in [0.2, 0.25) is 0 Å². The lowest BCUT2D eigenvalue weighted by molar-refractivity contribution is 0.234. The van der Waals surface area contributed by atoms with E-state index in [-0.39, 0.29) is 0 Å². The van der Waals surface area contributed by atoms with Crippen LogP contribution in [0.4, 0.5) is 0 Å². The molecular weight excluding hydrogens is 210 g/mol. The average molecular weight is 233 g/mol. The predicted octanol–water partition coefficient (Wildman–Crippen LogP) is 1.99. The van der Waals surface area contributed by atoms with Crippen molar-refractivity contribution in [3.63, 3.8) is 0 Å². The summed E-state index contributed by atoms with van der Waals surface area (Å²) in [7, 11) is 4.14. The first kappa shape index (κ1) is 11.3. The molecule has 17 heavy (non-hydrogen) atoms. The van der Waals surface area contributed by atoms with Gasteiger partial charge in [0.25, 0.3) is 0 Å². The van der Waals surface area contributed by atoms with E-state index >= 15 is 0 Å². The summed E-state index contributed by atoms with van der Waals surface area (Å²) in [5.41, 5.74) is 1.95. The van der Waals surface area contributed by atoms with E-state index in [1.807, 2.05) is 17.9 Å². The van der Waals surface area contributed by atoms with Gasteiger partial charge in [-0.3, -0.25) is 4.68 Å². The Bertz CT molecular complexity index is 386. The Hall–Kier alpha value is -0.830. The van der Waals surface area contributed by atoms with Crippen LogP contribution >= 0.6 is 0 Å². The maximum absolute atomic E-state index is 4.26. The molecule has 0 saturated heterocycles. The first-order chi connectivity index (χ1) is 8.22. The molecule has 0 spiro atoms. The molecule has 0 amide bonds. The minimum absolute atomic E-state index is 0.576. The molecule has 1 N–H and O–H groups in total. The van der Waals surface area contributed by atoms with Crippen molar-refractivity contribution in [2.45, 2.75) is 32.1 Å². The standard InChI is InChI=1S/C14H23N3/c1-15-10-14(8-11-7-12(11)9-14)5-3-13-4-6-16-17(13)2/h4,6,11-12,15H,3,5,7-10H2,1-2H3. The second kappa shape index (κ2) is 4.13. The molecule has 2 fully saturated rings. The molecule has 2 unspecified atom stereocenters. The molecule has 3 heteroatoms. The first-order valence-electron chi connectivity index (χ1n) is 6.84. The van der Waals surface area contributed by atoms with Crippen LogP contribution in [-0.4, -0.2) is 23.4 Å². The third-order valence-electron chi connectivity index (χ3n) is 4.85. The third kappa shape index (κ3) is 2.13. The fourth-order valence-electron chi connectivity index (χ4n) is 3.86. The second-order valence-corrected chi connectivity index (χ2v) is 6.14. The van der Waals surface area contributed by atoms with E-state index < -0.39 is 0 Å². The summed E-state index contributed by atoms with van der Waals surface area (Å²) in [5.74, 6) is 2.13. The molecule has 2 aliphatic rings. The Labute approximate surface area is 104 Å². The number of rotatable bonds is 5. The second-order valence-electron chi connectivity index (χ2n) is 6.14. The van der Waals surface area contributed by atoms with Gasteiger partial charge in [0, 0.05) is 25.5 Å². The number of nitrogens with zero attached hydrogens (tertiary/aromatic N) is 2. The van der Waals surface area contributed by atoms with Crippen molar-refractivity contribution < 1.29 is 0 Å². The van der Waals surface area contributed by atoms with Gasteiger partial charge in [-0.05, 0) is 62.5 Å². The van der Waals surface area contributed by atoms with Gasteiger partial charge in [0.1, 0.15) is 0 Å². The number of fused-ring (bicyclic) bond motifs is 1. The van der Waals surface area contributed by atoms with Crippen LogP contribution in [0, 0.1) is 17.3 Å². The van der Waals surface area contributed by atoms with Crippen LogP contribution in [0.25, 0.3) is 0 Å². The van der Waals surface area contributed by atoms with Gasteiger partial charge in [-0.2, -0.15) is 5.10 Å². The Morgan fingerprint density at radius 3 is 2.82 bits per heavy atom. The molecular formula is C14H23N3. The van der Waals surface area contributed by atoms with Gasteiger partial charge >= 0.3 is 0 Å². The predicted molar refractivity (Wildman–Crippen MR) is 68.7 cm³/mol. The highest BCUT2D eigenvalue weighted by atomic mass is 15.2. The van der Waals surface area contributed by atoms with E-state index in [1.54, 1.807) is 0 Å². The zero-order chi connectivity index (χ0) is 11.9. The summed E-state index contributed by atoms with van der Waals surface area (Å²) < 4.78 is 2.02. The van der Waals surface area contributed by atoms with Crippen molar-refractivity contribution in [2.75, 3.05) is 13.6 Å². The molecule has 94 valence electrons. The summed E-state index contributed by atoms with van der Waals surface area (Å²) in [5, 5.41) is 7.67. The summed E-state index contributed by atoms with van der Waals surface area (Å²) in [6.45, 7) is 1.19. The first-order valence-corrected chi connectivity index (χ1v) is 6.84. The van der Waals surface area contributed by atoms with E-state index in [2.05, 4.69) is 23.5 Å². The molecule has 1 heterocycles. The topological polar surface area (TPSA) is 29.9 Å². The van der Waals surface area contributed by atoms with Gasteiger partial charge in [0.05, 0.1) is 0 Å². The van der Waals surface area contributed by atoms with E-state index in [0.717, 1.165) is 11.8 Å². The zero-order valence-corrected chi connectivity index (χ0v) is 10.9. The minimum Gasteiger partial charge on any atom is -0.319 e. The van der Waals surface area contributed by atoms with Gasteiger partial charge in [-0.1, -0.05) is 0 Å². The lowest BCUT2D eigenvalue weighted by Gasteiger charge is -2.30. The summed E-state index contributed by atoms with van der Waals surface area (Å²) in [4.78, 5) is 0. The molecule has 0 aliphatic heterocycles. The normalized spacial score (nSPS) is 34.9. The van der Waals surface area contributed by atoms with Crippen LogP contribution in [-0.2, 0) is 13.5 Å². The number of aryl methyl sites for hydroxylation is 2. The van der Waals surface area contributed by atoms with Crippen LogP contribution in [0.1, 0.15) is 31.4 Å². The van der Waals surface area contributed by atoms with E-state index in [1.165, 1.54) is 44.3 Å². The molecule has 2 aliphatic carbocycles. The highest BCUT2D eigenvalue weighted by Crippen LogP contribution is 2.61. The number of aromatic nitrogens is 2. The van der Waals surface area contributed by atoms with E-state index in [4.69, 9.17) is 0 Å². The van der Waals surface area contributed by atoms with Crippen LogP contribution in [0.5, 0.6) is 0 Å². The van der Waals surface area contributed by atoms with Crippen molar-refractivity contribution in [1.29, 1.82) is 0 Å². The van der Waals surface area contributed by atoms with Gasteiger partial charge in [-0.25, -0.2) is 0 Å². The fourth-order valence-corrected chi connectivity index (χ4v) is 3.86. The van der Waals surface area contributed by atoms with Gasteiger partial charge in [-0.15, -0.1) is 0 Å². The average Bonchev–Trinajstić information content (AvgIpc) is 2.73. The number of hydrogen-bond donors (Lipinski definition) is 1. The largest absolute Gasteiger partial charge is 0.319 e. The molecule has 1 aromatic heterocycles. The van der Waals surface area contributed by atoms with E-state index in [9.17, 15) is 0 Å². The van der Waals surface area contributed by atoms with Crippen molar-refractivity contribution in [2.24, 2.45) is 24.3 Å². The maximum Gasteiger partial charge on any atom is 0.0492 e. The minimum atomic E-state index is 0.576. The molecule has 2 atom stereocenters. The number of nitrogens with one attached hydrogen (secondary N) is 1. The summed E-state index contributed by atoms with van der Waals surface area (Å²) >= 11 is 0. The lowest BCUT2D eigenvalue weighted by atomic mass is 9.78. The highest BCUT2D eigenvalue weighted by molar-refractivity contribution is 5.07. The maximum atomic E-state index is 4.26. The third-order valence-corrected chi connectivity index (χ3v) is 4.85. The smallest absolute Gasteiger partial charge is 0.0492 e. The zero-order valence-electron chi connectivity index (χ0n) is 10.9. The fraction of sp³-hybridized carbons (Fsp3) is 0.786. The molecule has 0 aromatic carbocycles. The van der Waals surface area contributed by atoms with Crippen LogP contribution in [0.15, 0.2) is 12.3 Å². The monoisotopic (exact) mass is 233 g/mol. The highest BCUT2D eigenvalue weighted by Gasteiger charge is 2.52.